The maximum atomic E-state index is 12.7. The number of nitrogens with zero attached hydrogens (tertiary/aromatic N) is 1. The van der Waals surface area contributed by atoms with Gasteiger partial charge in [0.2, 0.25) is 5.91 Å². The Morgan fingerprint density at radius 2 is 1.72 bits per heavy atom. The van der Waals surface area contributed by atoms with Crippen molar-refractivity contribution < 1.29 is 9.59 Å². The predicted octanol–water partition coefficient (Wildman–Crippen LogP) is 3.21. The number of nitrogens with two attached hydrogens (primary N) is 1. The van der Waals surface area contributed by atoms with Crippen LogP contribution in [0.4, 0.5) is 0 Å². The van der Waals surface area contributed by atoms with Crippen LogP contribution in [0.25, 0.3) is 0 Å². The largest absolute Gasteiger partial charge is 0.342 e. The van der Waals surface area contributed by atoms with Crippen LogP contribution in [0.5, 0.6) is 0 Å². The molecular weight excluding hydrogens is 336 g/mol. The highest BCUT2D eigenvalue weighted by atomic mass is 35.5. The molecule has 4 nitrogen and oxygen atoms in total. The van der Waals surface area contributed by atoms with Crippen molar-refractivity contribution in [3.8, 4) is 0 Å². The Labute approximate surface area is 156 Å². The summed E-state index contributed by atoms with van der Waals surface area (Å²) in [5.74, 6) is 1.00. The van der Waals surface area contributed by atoms with E-state index in [2.05, 4.69) is 0 Å². The summed E-state index contributed by atoms with van der Waals surface area (Å²) < 4.78 is 0. The first kappa shape index (κ1) is 19.9. The Kier molecular flexibility index (Phi) is 7.03. The normalized spacial score (nSPS) is 24.0. The minimum Gasteiger partial charge on any atom is -0.342 e. The zero-order valence-corrected chi connectivity index (χ0v) is 15.8. The number of hydrogen-bond donors (Lipinski definition) is 1. The van der Waals surface area contributed by atoms with E-state index in [1.165, 1.54) is 0 Å². The van der Waals surface area contributed by atoms with Crippen molar-refractivity contribution >= 4 is 24.1 Å². The third-order valence-corrected chi connectivity index (χ3v) is 5.79. The van der Waals surface area contributed by atoms with Crippen molar-refractivity contribution in [2.45, 2.75) is 39.0 Å². The number of benzene rings is 1. The number of rotatable bonds is 4. The Morgan fingerprint density at radius 1 is 1.08 bits per heavy atom. The molecule has 1 aliphatic heterocycles. The second-order valence-corrected chi connectivity index (χ2v) is 7.36. The van der Waals surface area contributed by atoms with Gasteiger partial charge in [0.1, 0.15) is 0 Å². The minimum atomic E-state index is 0. The highest BCUT2D eigenvalue weighted by molar-refractivity contribution is 5.98. The van der Waals surface area contributed by atoms with E-state index in [0.717, 1.165) is 43.2 Å². The molecule has 1 aromatic rings. The van der Waals surface area contributed by atoms with Gasteiger partial charge in [-0.3, -0.25) is 9.59 Å². The summed E-state index contributed by atoms with van der Waals surface area (Å²) in [6.07, 6.45) is 4.72. The molecule has 2 atom stereocenters. The quantitative estimate of drug-likeness (QED) is 0.834. The van der Waals surface area contributed by atoms with E-state index in [-0.39, 0.29) is 35.9 Å². The number of amides is 1. The lowest BCUT2D eigenvalue weighted by molar-refractivity contribution is -0.137. The second kappa shape index (κ2) is 8.81. The first-order valence-electron chi connectivity index (χ1n) is 9.20. The van der Waals surface area contributed by atoms with Crippen LogP contribution in [0.3, 0.4) is 0 Å². The zero-order valence-electron chi connectivity index (χ0n) is 14.9. The van der Waals surface area contributed by atoms with Crippen LogP contribution in [-0.4, -0.2) is 36.2 Å². The van der Waals surface area contributed by atoms with E-state index in [9.17, 15) is 9.59 Å². The van der Waals surface area contributed by atoms with E-state index in [1.54, 1.807) is 0 Å². The van der Waals surface area contributed by atoms with Crippen molar-refractivity contribution in [2.24, 2.45) is 23.5 Å². The standard InChI is InChI=1S/C20H28N2O2.ClH/c1-14-5-7-15(8-6-14)19(23)16-9-11-22(12-10-16)20(24)18-4-2-3-17(18)13-21;/h5-8,16-18H,2-4,9-13,21H2,1H3;1H/t17-,18-;/m1./s1. The smallest absolute Gasteiger partial charge is 0.226 e. The topological polar surface area (TPSA) is 63.4 Å². The fraction of sp³-hybridized carbons (Fsp3) is 0.600. The fourth-order valence-electron chi connectivity index (χ4n) is 4.19. The van der Waals surface area contributed by atoms with Gasteiger partial charge in [0, 0.05) is 30.5 Å². The van der Waals surface area contributed by atoms with Gasteiger partial charge < -0.3 is 10.6 Å². The molecule has 25 heavy (non-hydrogen) atoms. The molecule has 0 bridgehead atoms. The van der Waals surface area contributed by atoms with E-state index >= 15 is 0 Å². The van der Waals surface area contributed by atoms with Gasteiger partial charge in [0.05, 0.1) is 0 Å². The molecule has 1 saturated carbocycles. The number of carbonyl (C=O) groups is 2. The molecule has 0 radical (unpaired) electrons. The summed E-state index contributed by atoms with van der Waals surface area (Å²) >= 11 is 0. The highest BCUT2D eigenvalue weighted by Gasteiger charge is 2.36. The van der Waals surface area contributed by atoms with Crippen LogP contribution < -0.4 is 5.73 Å². The Bertz CT molecular complexity index is 594. The van der Waals surface area contributed by atoms with Gasteiger partial charge in [0.15, 0.2) is 5.78 Å². The predicted molar refractivity (Wildman–Crippen MR) is 102 cm³/mol. The van der Waals surface area contributed by atoms with Crippen LogP contribution in [0, 0.1) is 24.7 Å². The maximum Gasteiger partial charge on any atom is 0.226 e. The number of likely N-dealkylation sites (tertiary alicyclic amines) is 1. The van der Waals surface area contributed by atoms with Gasteiger partial charge in [0.25, 0.3) is 0 Å². The molecule has 1 aromatic carbocycles. The van der Waals surface area contributed by atoms with Gasteiger partial charge >= 0.3 is 0 Å². The summed E-state index contributed by atoms with van der Waals surface area (Å²) in [5, 5.41) is 0. The third kappa shape index (κ3) is 4.42. The summed E-state index contributed by atoms with van der Waals surface area (Å²) in [5.41, 5.74) is 7.77. The molecule has 1 saturated heterocycles. The van der Waals surface area contributed by atoms with Crippen LogP contribution in [0.2, 0.25) is 0 Å². The molecule has 0 unspecified atom stereocenters. The molecule has 1 aliphatic carbocycles. The SMILES string of the molecule is Cc1ccc(C(=O)C2CCN(C(=O)[C@@H]3CCC[C@@H]3CN)CC2)cc1.Cl. The number of carbonyl (C=O) groups excluding carboxylic acids is 2. The van der Waals surface area contributed by atoms with Gasteiger partial charge in [-0.05, 0) is 45.1 Å². The molecule has 1 amide bonds. The van der Waals surface area contributed by atoms with Crippen LogP contribution in [0.1, 0.15) is 48.0 Å². The third-order valence-electron chi connectivity index (χ3n) is 5.79. The van der Waals surface area contributed by atoms with Crippen LogP contribution in [0.15, 0.2) is 24.3 Å². The zero-order chi connectivity index (χ0) is 17.1. The Hall–Kier alpha value is -1.39. The Balaban J connectivity index is 0.00000225. The first-order chi connectivity index (χ1) is 11.6. The number of piperidine rings is 1. The van der Waals surface area contributed by atoms with Gasteiger partial charge in [-0.25, -0.2) is 0 Å². The Morgan fingerprint density at radius 3 is 2.32 bits per heavy atom. The van der Waals surface area contributed by atoms with Crippen LogP contribution in [-0.2, 0) is 4.79 Å². The average Bonchev–Trinajstić information content (AvgIpc) is 3.10. The van der Waals surface area contributed by atoms with E-state index in [0.29, 0.717) is 25.6 Å². The molecule has 2 N–H and O–H groups in total. The molecule has 5 heteroatoms. The number of aryl methyl sites for hydroxylation is 1. The average molecular weight is 365 g/mol. The monoisotopic (exact) mass is 364 g/mol. The van der Waals surface area contributed by atoms with Gasteiger partial charge in [-0.15, -0.1) is 12.4 Å². The van der Waals surface area contributed by atoms with Crippen LogP contribution >= 0.6 is 12.4 Å². The minimum absolute atomic E-state index is 0. The van der Waals surface area contributed by atoms with Crippen molar-refractivity contribution in [2.75, 3.05) is 19.6 Å². The number of hydrogen-bond acceptors (Lipinski definition) is 3. The fourth-order valence-corrected chi connectivity index (χ4v) is 4.19. The molecule has 0 spiro atoms. The maximum absolute atomic E-state index is 12.7. The number of halogens is 1. The summed E-state index contributed by atoms with van der Waals surface area (Å²) in [4.78, 5) is 27.3. The number of ketones is 1. The van der Waals surface area contributed by atoms with Crippen molar-refractivity contribution in [1.29, 1.82) is 0 Å². The second-order valence-electron chi connectivity index (χ2n) is 7.36. The van der Waals surface area contributed by atoms with E-state index in [4.69, 9.17) is 5.73 Å². The highest BCUT2D eigenvalue weighted by Crippen LogP contribution is 2.33. The van der Waals surface area contributed by atoms with Gasteiger partial charge in [-0.1, -0.05) is 36.2 Å². The van der Waals surface area contributed by atoms with Crippen molar-refractivity contribution in [3.05, 3.63) is 35.4 Å². The molecule has 2 fully saturated rings. The first-order valence-corrected chi connectivity index (χ1v) is 9.20. The number of Topliss-reactive ketones (excluding diaryl/α,β-unsaturated/α-hetero) is 1. The molecule has 1 heterocycles. The van der Waals surface area contributed by atoms with Crippen molar-refractivity contribution in [1.82, 2.24) is 4.90 Å². The van der Waals surface area contributed by atoms with Crippen molar-refractivity contribution in [3.63, 3.8) is 0 Å². The van der Waals surface area contributed by atoms with E-state index < -0.39 is 0 Å². The molecule has 0 aromatic heterocycles. The molecular formula is C20H29ClN2O2. The molecule has 3 rings (SSSR count). The lowest BCUT2D eigenvalue weighted by atomic mass is 9.87. The summed E-state index contributed by atoms with van der Waals surface area (Å²) in [6, 6.07) is 7.80. The lowest BCUT2D eigenvalue weighted by Crippen LogP contribution is -2.44. The molecule has 2 aliphatic rings. The molecule has 138 valence electrons. The summed E-state index contributed by atoms with van der Waals surface area (Å²) in [6.45, 7) is 4.04. The van der Waals surface area contributed by atoms with E-state index in [1.807, 2.05) is 36.1 Å². The lowest BCUT2D eigenvalue weighted by Gasteiger charge is -2.34. The summed E-state index contributed by atoms with van der Waals surface area (Å²) in [7, 11) is 0. The van der Waals surface area contributed by atoms with Gasteiger partial charge in [-0.2, -0.15) is 0 Å².